The third-order valence-corrected chi connectivity index (χ3v) is 4.43. The van der Waals surface area contributed by atoms with Crippen molar-refractivity contribution in [2.75, 3.05) is 19.7 Å². The van der Waals surface area contributed by atoms with E-state index < -0.39 is 24.1 Å². The van der Waals surface area contributed by atoms with E-state index in [-0.39, 0.29) is 18.8 Å². The quantitative estimate of drug-likeness (QED) is 0.387. The van der Waals surface area contributed by atoms with Crippen LogP contribution in [0.2, 0.25) is 0 Å². The summed E-state index contributed by atoms with van der Waals surface area (Å²) in [7, 11) is 0. The number of aliphatic hydroxyl groups is 2. The molecule has 1 aliphatic heterocycles. The van der Waals surface area contributed by atoms with Crippen LogP contribution in [0.4, 0.5) is 5.82 Å². The van der Waals surface area contributed by atoms with Crippen LogP contribution in [0.15, 0.2) is 16.0 Å². The summed E-state index contributed by atoms with van der Waals surface area (Å²) in [5.41, 5.74) is -0.0307. The molecule has 2 rings (SSSR count). The van der Waals surface area contributed by atoms with Crippen LogP contribution in [-0.2, 0) is 4.74 Å². The molecule has 1 aliphatic rings. The maximum Gasteiger partial charge on any atom is 0.351 e. The van der Waals surface area contributed by atoms with Crippen molar-refractivity contribution in [1.29, 1.82) is 0 Å². The van der Waals surface area contributed by atoms with Gasteiger partial charge in [-0.1, -0.05) is 33.6 Å². The number of ether oxygens (including phenoxy) is 1. The predicted molar refractivity (Wildman–Crippen MR) is 112 cm³/mol. The molecule has 0 radical (unpaired) electrons. The Hall–Kier alpha value is -2.21. The zero-order valence-electron chi connectivity index (χ0n) is 17.9. The molecule has 1 saturated heterocycles. The molecule has 1 fully saturated rings. The van der Waals surface area contributed by atoms with Crippen molar-refractivity contribution in [3.8, 4) is 11.8 Å². The minimum absolute atomic E-state index is 0.199. The number of nitrogens with zero attached hydrogens (tertiary/aromatic N) is 4. The van der Waals surface area contributed by atoms with Gasteiger partial charge in [-0.3, -0.25) is 4.57 Å². The van der Waals surface area contributed by atoms with Crippen LogP contribution in [0.1, 0.15) is 52.8 Å². The summed E-state index contributed by atoms with van der Waals surface area (Å²) in [6.07, 6.45) is 1.23. The number of aliphatic hydroxyl groups excluding tert-OH is 2. The molecule has 0 bridgehead atoms. The Bertz CT molecular complexity index is 812. The van der Waals surface area contributed by atoms with E-state index >= 15 is 0 Å². The number of rotatable bonds is 8. The second-order valence-corrected chi connectivity index (χ2v) is 8.14. The van der Waals surface area contributed by atoms with Crippen LogP contribution < -0.4 is 5.69 Å². The van der Waals surface area contributed by atoms with E-state index in [9.17, 15) is 15.0 Å². The molecule has 2 N–H and O–H groups in total. The maximum atomic E-state index is 12.6. The monoisotopic (exact) mass is 404 g/mol. The molecule has 8 heteroatoms. The maximum absolute atomic E-state index is 12.6. The highest BCUT2D eigenvalue weighted by atomic mass is 16.5. The minimum atomic E-state index is -0.837. The molecule has 0 aliphatic carbocycles. The summed E-state index contributed by atoms with van der Waals surface area (Å²) < 4.78 is 6.88. The first-order chi connectivity index (χ1) is 13.7. The van der Waals surface area contributed by atoms with Crippen LogP contribution in [0.3, 0.4) is 0 Å². The average Bonchev–Trinajstić information content (AvgIpc) is 3.01. The summed E-state index contributed by atoms with van der Waals surface area (Å²) in [5, 5.41) is 19.2. The molecule has 0 amide bonds. The average molecular weight is 405 g/mol. The van der Waals surface area contributed by atoms with E-state index in [1.54, 1.807) is 19.5 Å². The largest absolute Gasteiger partial charge is 0.394 e. The highest BCUT2D eigenvalue weighted by Gasteiger charge is 2.35. The zero-order valence-corrected chi connectivity index (χ0v) is 17.9. The lowest BCUT2D eigenvalue weighted by Gasteiger charge is -2.23. The number of hydrogen-bond donors (Lipinski definition) is 2. The zero-order chi connectivity index (χ0) is 21.6. The third-order valence-electron chi connectivity index (χ3n) is 4.43. The Balaban J connectivity index is 2.34. The van der Waals surface area contributed by atoms with Crippen LogP contribution >= 0.6 is 0 Å². The third kappa shape index (κ3) is 6.39. The van der Waals surface area contributed by atoms with Crippen LogP contribution in [0.25, 0.3) is 0 Å². The minimum Gasteiger partial charge on any atom is -0.394 e. The first-order valence-corrected chi connectivity index (χ1v) is 10.0. The van der Waals surface area contributed by atoms with E-state index in [0.29, 0.717) is 17.4 Å². The van der Waals surface area contributed by atoms with Gasteiger partial charge in [0.15, 0.2) is 5.82 Å². The molecular weight excluding hydrogens is 372 g/mol. The first kappa shape index (κ1) is 23.1. The summed E-state index contributed by atoms with van der Waals surface area (Å²) >= 11 is 0. The van der Waals surface area contributed by atoms with Gasteiger partial charge < -0.3 is 19.8 Å². The Morgan fingerprint density at radius 2 is 2.03 bits per heavy atom. The molecule has 3 atom stereocenters. The number of hydrogen-bond acceptors (Lipinski definition) is 6. The van der Waals surface area contributed by atoms with Crippen molar-refractivity contribution in [1.82, 2.24) is 14.5 Å². The van der Waals surface area contributed by atoms with Crippen LogP contribution in [-0.4, -0.2) is 62.9 Å². The van der Waals surface area contributed by atoms with E-state index in [4.69, 9.17) is 4.74 Å². The molecule has 0 aromatic carbocycles. The Kier molecular flexibility index (Phi) is 8.38. The molecule has 1 aromatic heterocycles. The summed E-state index contributed by atoms with van der Waals surface area (Å²) in [5.74, 6) is 6.96. The van der Waals surface area contributed by atoms with Gasteiger partial charge in [0.05, 0.1) is 24.6 Å². The predicted octanol–water partition coefficient (Wildman–Crippen LogP) is 1.53. The second-order valence-electron chi connectivity index (χ2n) is 8.14. The highest BCUT2D eigenvalue weighted by Crippen LogP contribution is 2.28. The first-order valence-electron chi connectivity index (χ1n) is 10.0. The van der Waals surface area contributed by atoms with Gasteiger partial charge in [-0.25, -0.2) is 9.79 Å². The van der Waals surface area contributed by atoms with Gasteiger partial charge in [0, 0.05) is 25.7 Å². The molecule has 0 unspecified atom stereocenters. The van der Waals surface area contributed by atoms with Gasteiger partial charge in [-0.05, 0) is 18.8 Å². The molecule has 29 heavy (non-hydrogen) atoms. The van der Waals surface area contributed by atoms with Crippen molar-refractivity contribution in [3.05, 3.63) is 22.2 Å². The molecule has 0 spiro atoms. The van der Waals surface area contributed by atoms with Crippen molar-refractivity contribution in [2.45, 2.75) is 59.5 Å². The van der Waals surface area contributed by atoms with Gasteiger partial charge >= 0.3 is 5.69 Å². The van der Waals surface area contributed by atoms with Gasteiger partial charge in [-0.2, -0.15) is 4.98 Å². The van der Waals surface area contributed by atoms with Crippen molar-refractivity contribution in [3.63, 3.8) is 0 Å². The van der Waals surface area contributed by atoms with E-state index in [2.05, 4.69) is 54.4 Å². The summed E-state index contributed by atoms with van der Waals surface area (Å²) in [4.78, 5) is 23.2. The standard InChI is InChI=1S/C21H32N4O4/c1-6-7-16-11-25(19-8-17(27)18(12-26)29-19)21(28)23-20(16)22-13-24(9-14(2)3)10-15(4)5/h11,13-15,17-19,26-27H,8-10,12H2,1-5H3/t17-,18+,19+/m0/s1. The van der Waals surface area contributed by atoms with E-state index in [0.717, 1.165) is 13.1 Å². The fourth-order valence-electron chi connectivity index (χ4n) is 3.28. The number of aliphatic imine (C=N–C) groups is 1. The number of aromatic nitrogens is 2. The molecule has 8 nitrogen and oxygen atoms in total. The molecule has 0 saturated carbocycles. The van der Waals surface area contributed by atoms with Crippen molar-refractivity contribution in [2.24, 2.45) is 16.8 Å². The van der Waals surface area contributed by atoms with E-state index in [1.807, 2.05) is 0 Å². The topological polar surface area (TPSA) is 100 Å². The summed E-state index contributed by atoms with van der Waals surface area (Å²) in [6, 6.07) is 0. The highest BCUT2D eigenvalue weighted by molar-refractivity contribution is 5.63. The van der Waals surface area contributed by atoms with Gasteiger partial charge in [0.2, 0.25) is 0 Å². The molecule has 1 aromatic rings. The smallest absolute Gasteiger partial charge is 0.351 e. The fourth-order valence-corrected chi connectivity index (χ4v) is 3.28. The second kappa shape index (κ2) is 10.5. The normalized spacial score (nSPS) is 21.8. The molecular formula is C21H32N4O4. The van der Waals surface area contributed by atoms with Crippen molar-refractivity contribution >= 4 is 12.2 Å². The van der Waals surface area contributed by atoms with Gasteiger partial charge in [-0.15, -0.1) is 5.92 Å². The SMILES string of the molecule is CC#Cc1cn([C@H]2C[C@H](O)[C@@H](CO)O2)c(=O)nc1N=CN(CC(C)C)CC(C)C. The van der Waals surface area contributed by atoms with Crippen LogP contribution in [0, 0.1) is 23.7 Å². The fraction of sp³-hybridized carbons (Fsp3) is 0.667. The lowest BCUT2D eigenvalue weighted by Crippen LogP contribution is -2.30. The lowest BCUT2D eigenvalue weighted by molar-refractivity contribution is -0.0458. The van der Waals surface area contributed by atoms with Gasteiger partial charge in [0.25, 0.3) is 0 Å². The van der Waals surface area contributed by atoms with Crippen molar-refractivity contribution < 1.29 is 14.9 Å². The molecule has 160 valence electrons. The molecule has 2 heterocycles. The van der Waals surface area contributed by atoms with E-state index in [1.165, 1.54) is 4.57 Å². The Morgan fingerprint density at radius 1 is 1.38 bits per heavy atom. The summed E-state index contributed by atoms with van der Waals surface area (Å²) in [6.45, 7) is 11.7. The lowest BCUT2D eigenvalue weighted by atomic mass is 10.1. The Labute approximate surface area is 172 Å². The van der Waals surface area contributed by atoms with Gasteiger partial charge in [0.1, 0.15) is 12.3 Å². The van der Waals surface area contributed by atoms with Crippen LogP contribution in [0.5, 0.6) is 0 Å². The Morgan fingerprint density at radius 3 is 2.55 bits per heavy atom.